The van der Waals surface area contributed by atoms with Gasteiger partial charge >= 0.3 is 5.97 Å². The molecular weight excluding hydrogens is 360 g/mol. The van der Waals surface area contributed by atoms with Crippen LogP contribution in [0.15, 0.2) is 48.7 Å². The maximum absolute atomic E-state index is 12.8. The van der Waals surface area contributed by atoms with Crippen molar-refractivity contribution in [3.8, 4) is 0 Å². The summed E-state index contributed by atoms with van der Waals surface area (Å²) in [5, 5.41) is 5.47. The number of pyridine rings is 1. The van der Waals surface area contributed by atoms with E-state index in [0.717, 1.165) is 6.42 Å². The van der Waals surface area contributed by atoms with Gasteiger partial charge in [-0.05, 0) is 36.8 Å². The summed E-state index contributed by atoms with van der Waals surface area (Å²) in [7, 11) is 1.29. The number of imidazole rings is 1. The Bertz CT molecular complexity index is 1040. The fourth-order valence-corrected chi connectivity index (χ4v) is 2.72. The zero-order valence-corrected chi connectivity index (χ0v) is 15.6. The van der Waals surface area contributed by atoms with Crippen LogP contribution < -0.4 is 10.6 Å². The first-order chi connectivity index (χ1) is 13.5. The van der Waals surface area contributed by atoms with Gasteiger partial charge in [-0.3, -0.25) is 14.0 Å². The minimum Gasteiger partial charge on any atom is -0.465 e. The van der Waals surface area contributed by atoms with Crippen molar-refractivity contribution >= 4 is 29.0 Å². The van der Waals surface area contributed by atoms with E-state index in [4.69, 9.17) is 0 Å². The summed E-state index contributed by atoms with van der Waals surface area (Å²) in [5.41, 5.74) is 1.44. The molecule has 1 aromatic carbocycles. The Hall–Kier alpha value is -3.68. The minimum atomic E-state index is -0.503. The van der Waals surface area contributed by atoms with E-state index >= 15 is 0 Å². The molecule has 28 heavy (non-hydrogen) atoms. The van der Waals surface area contributed by atoms with Crippen molar-refractivity contribution in [1.82, 2.24) is 14.7 Å². The van der Waals surface area contributed by atoms with E-state index in [1.165, 1.54) is 13.2 Å². The van der Waals surface area contributed by atoms with Gasteiger partial charge in [-0.25, -0.2) is 9.78 Å². The van der Waals surface area contributed by atoms with Gasteiger partial charge in [-0.2, -0.15) is 0 Å². The molecule has 0 aliphatic carbocycles. The quantitative estimate of drug-likeness (QED) is 0.640. The van der Waals surface area contributed by atoms with Crippen molar-refractivity contribution in [2.45, 2.75) is 13.3 Å². The molecule has 0 saturated carbocycles. The van der Waals surface area contributed by atoms with Crippen LogP contribution >= 0.6 is 0 Å². The second-order valence-corrected chi connectivity index (χ2v) is 6.02. The second kappa shape index (κ2) is 8.34. The minimum absolute atomic E-state index is 0.0701. The van der Waals surface area contributed by atoms with Gasteiger partial charge in [0.1, 0.15) is 0 Å². The van der Waals surface area contributed by atoms with Crippen molar-refractivity contribution < 1.29 is 19.1 Å². The van der Waals surface area contributed by atoms with Gasteiger partial charge in [0.2, 0.25) is 5.82 Å². The number of esters is 1. The van der Waals surface area contributed by atoms with Crippen molar-refractivity contribution in [1.29, 1.82) is 0 Å². The second-order valence-electron chi connectivity index (χ2n) is 6.02. The predicted octanol–water partition coefficient (Wildman–Crippen LogP) is 2.51. The standard InChI is InChI=1S/C20H20N4O4/c1-3-10-21-18(25)16-15-9-4-5-11-24(15)17(23-16)19(26)22-14-8-6-7-13(12-14)20(27)28-2/h4-9,11-12H,3,10H2,1-2H3,(H,21,25)(H,22,26). The molecule has 3 aromatic rings. The lowest BCUT2D eigenvalue weighted by atomic mass is 10.2. The van der Waals surface area contributed by atoms with Crippen LogP contribution in [0.5, 0.6) is 0 Å². The number of carbonyl (C=O) groups excluding carboxylic acids is 3. The fourth-order valence-electron chi connectivity index (χ4n) is 2.72. The van der Waals surface area contributed by atoms with Crippen molar-refractivity contribution in [2.75, 3.05) is 19.0 Å². The van der Waals surface area contributed by atoms with Gasteiger partial charge in [0.05, 0.1) is 18.2 Å². The van der Waals surface area contributed by atoms with E-state index in [1.807, 2.05) is 6.92 Å². The molecule has 0 spiro atoms. The van der Waals surface area contributed by atoms with E-state index in [1.54, 1.807) is 47.0 Å². The molecule has 0 unspecified atom stereocenters. The third-order valence-corrected chi connectivity index (χ3v) is 4.04. The molecule has 2 heterocycles. The van der Waals surface area contributed by atoms with Gasteiger partial charge in [0.25, 0.3) is 11.8 Å². The first-order valence-corrected chi connectivity index (χ1v) is 8.80. The Morgan fingerprint density at radius 3 is 2.68 bits per heavy atom. The molecule has 2 aromatic heterocycles. The average molecular weight is 380 g/mol. The lowest BCUT2D eigenvalue weighted by Gasteiger charge is -2.06. The SMILES string of the molecule is CCCNC(=O)c1nc(C(=O)Nc2cccc(C(=O)OC)c2)n2ccccc12. The Morgan fingerprint density at radius 1 is 1.11 bits per heavy atom. The number of carbonyl (C=O) groups is 3. The average Bonchev–Trinajstić information content (AvgIpc) is 3.11. The third-order valence-electron chi connectivity index (χ3n) is 4.04. The molecule has 2 amide bonds. The molecule has 0 radical (unpaired) electrons. The smallest absolute Gasteiger partial charge is 0.337 e. The Balaban J connectivity index is 1.92. The normalized spacial score (nSPS) is 10.5. The number of ether oxygens (including phenoxy) is 1. The van der Waals surface area contributed by atoms with Crippen LogP contribution in [-0.4, -0.2) is 40.8 Å². The fraction of sp³-hybridized carbons (Fsp3) is 0.200. The summed E-state index contributed by atoms with van der Waals surface area (Å²) in [6, 6.07) is 11.6. The van der Waals surface area contributed by atoms with Gasteiger partial charge in [0, 0.05) is 18.4 Å². The molecule has 0 saturated heterocycles. The van der Waals surface area contributed by atoms with Gasteiger partial charge in [-0.15, -0.1) is 0 Å². The number of aromatic nitrogens is 2. The number of rotatable bonds is 6. The Kier molecular flexibility index (Phi) is 5.69. The maximum Gasteiger partial charge on any atom is 0.337 e. The van der Waals surface area contributed by atoms with E-state index in [-0.39, 0.29) is 17.4 Å². The third kappa shape index (κ3) is 3.85. The van der Waals surface area contributed by atoms with Crippen molar-refractivity contribution in [2.24, 2.45) is 0 Å². The summed E-state index contributed by atoms with van der Waals surface area (Å²) >= 11 is 0. The number of fused-ring (bicyclic) bond motifs is 1. The van der Waals surface area contributed by atoms with E-state index < -0.39 is 11.9 Å². The predicted molar refractivity (Wildman–Crippen MR) is 104 cm³/mol. The van der Waals surface area contributed by atoms with Crippen LogP contribution in [0.3, 0.4) is 0 Å². The van der Waals surface area contributed by atoms with Gasteiger partial charge in [-0.1, -0.05) is 19.1 Å². The summed E-state index contributed by atoms with van der Waals surface area (Å²) in [6.45, 7) is 2.47. The van der Waals surface area contributed by atoms with Crippen molar-refractivity contribution in [3.05, 3.63) is 65.7 Å². The number of benzene rings is 1. The summed E-state index contributed by atoms with van der Waals surface area (Å²) < 4.78 is 6.24. The molecule has 0 aliphatic rings. The number of anilines is 1. The number of hydrogen-bond acceptors (Lipinski definition) is 5. The molecule has 3 rings (SSSR count). The van der Waals surface area contributed by atoms with Gasteiger partial charge < -0.3 is 15.4 Å². The van der Waals surface area contributed by atoms with Crippen LogP contribution in [0.1, 0.15) is 44.8 Å². The molecule has 0 aliphatic heterocycles. The zero-order chi connectivity index (χ0) is 20.1. The van der Waals surface area contributed by atoms with Crippen LogP contribution in [0.2, 0.25) is 0 Å². The Labute approximate surface area is 161 Å². The maximum atomic E-state index is 12.8. The molecule has 0 fully saturated rings. The number of nitrogens with one attached hydrogen (secondary N) is 2. The lowest BCUT2D eigenvalue weighted by Crippen LogP contribution is -2.24. The lowest BCUT2D eigenvalue weighted by molar-refractivity contribution is 0.0600. The number of nitrogens with zero attached hydrogens (tertiary/aromatic N) is 2. The topological polar surface area (TPSA) is 102 Å². The number of amides is 2. The van der Waals surface area contributed by atoms with Gasteiger partial charge in [0.15, 0.2) is 5.69 Å². The largest absolute Gasteiger partial charge is 0.465 e. The highest BCUT2D eigenvalue weighted by Crippen LogP contribution is 2.16. The number of hydrogen-bond donors (Lipinski definition) is 2. The first-order valence-electron chi connectivity index (χ1n) is 8.80. The van der Waals surface area contributed by atoms with Crippen molar-refractivity contribution in [3.63, 3.8) is 0 Å². The van der Waals surface area contributed by atoms with Crippen LogP contribution in [0.4, 0.5) is 5.69 Å². The summed E-state index contributed by atoms with van der Waals surface area (Å²) in [6.07, 6.45) is 2.46. The number of methoxy groups -OCH3 is 1. The molecule has 144 valence electrons. The van der Waals surface area contributed by atoms with E-state index in [0.29, 0.717) is 23.3 Å². The molecule has 0 atom stereocenters. The monoisotopic (exact) mass is 380 g/mol. The molecule has 8 nitrogen and oxygen atoms in total. The summed E-state index contributed by atoms with van der Waals surface area (Å²) in [5.74, 6) is -1.27. The van der Waals surface area contributed by atoms with Crippen LogP contribution in [0, 0.1) is 0 Å². The Morgan fingerprint density at radius 2 is 1.93 bits per heavy atom. The molecule has 2 N–H and O–H groups in total. The highest BCUT2D eigenvalue weighted by atomic mass is 16.5. The molecule has 0 bridgehead atoms. The first kappa shape index (κ1) is 19.1. The van der Waals surface area contributed by atoms with Crippen LogP contribution in [0.25, 0.3) is 5.52 Å². The summed E-state index contributed by atoms with van der Waals surface area (Å²) in [4.78, 5) is 41.1. The molecular formula is C20H20N4O4. The van der Waals surface area contributed by atoms with E-state index in [9.17, 15) is 14.4 Å². The van der Waals surface area contributed by atoms with E-state index in [2.05, 4.69) is 20.4 Å². The highest BCUT2D eigenvalue weighted by Gasteiger charge is 2.21. The highest BCUT2D eigenvalue weighted by molar-refractivity contribution is 6.06. The van der Waals surface area contributed by atoms with Crippen LogP contribution in [-0.2, 0) is 4.74 Å². The molecule has 8 heteroatoms. The zero-order valence-electron chi connectivity index (χ0n) is 15.6.